The van der Waals surface area contributed by atoms with E-state index in [1.54, 1.807) is 41.6 Å². The molecule has 1 aromatic heterocycles. The molecular weight excluding hydrogens is 278 g/mol. The second-order valence-corrected chi connectivity index (χ2v) is 4.93. The van der Waals surface area contributed by atoms with Crippen molar-refractivity contribution in [2.24, 2.45) is 0 Å². The summed E-state index contributed by atoms with van der Waals surface area (Å²) in [6, 6.07) is 10.5. The Kier molecular flexibility index (Phi) is 5.25. The van der Waals surface area contributed by atoms with Gasteiger partial charge in [-0.2, -0.15) is 0 Å². The molecule has 0 spiro atoms. The van der Waals surface area contributed by atoms with Gasteiger partial charge in [-0.05, 0) is 55.8 Å². The highest BCUT2D eigenvalue weighted by Crippen LogP contribution is 2.12. The van der Waals surface area contributed by atoms with Crippen LogP contribution in [0.2, 0.25) is 0 Å². The lowest BCUT2D eigenvalue weighted by Gasteiger charge is -2.21. The molecule has 1 aromatic carbocycles. The maximum absolute atomic E-state index is 12.3. The van der Waals surface area contributed by atoms with Gasteiger partial charge in [0.05, 0.1) is 0 Å². The zero-order valence-electron chi connectivity index (χ0n) is 12.7. The Morgan fingerprint density at radius 3 is 2.27 bits per heavy atom. The first-order chi connectivity index (χ1) is 10.6. The van der Waals surface area contributed by atoms with E-state index in [2.05, 4.69) is 10.3 Å². The molecule has 0 bridgehead atoms. The number of hydrogen-bond acceptors (Lipinski definition) is 3. The molecule has 0 aliphatic rings. The van der Waals surface area contributed by atoms with Crippen molar-refractivity contribution < 1.29 is 9.59 Å². The predicted molar refractivity (Wildman–Crippen MR) is 85.8 cm³/mol. The molecule has 0 saturated heterocycles. The minimum absolute atomic E-state index is 0.00532. The molecular formula is C17H19N3O2. The molecule has 0 atom stereocenters. The van der Waals surface area contributed by atoms with Crippen LogP contribution in [0.25, 0.3) is 0 Å². The molecule has 0 fully saturated rings. The van der Waals surface area contributed by atoms with E-state index >= 15 is 0 Å². The second kappa shape index (κ2) is 7.36. The van der Waals surface area contributed by atoms with Gasteiger partial charge in [0.15, 0.2) is 5.78 Å². The number of hydrogen-bond donors (Lipinski definition) is 1. The molecule has 1 N–H and O–H groups in total. The number of ketones is 1. The van der Waals surface area contributed by atoms with Crippen LogP contribution in [0.15, 0.2) is 48.8 Å². The number of urea groups is 1. The van der Waals surface area contributed by atoms with Gasteiger partial charge in [-0.3, -0.25) is 9.78 Å². The van der Waals surface area contributed by atoms with Crippen LogP contribution in [0, 0.1) is 0 Å². The van der Waals surface area contributed by atoms with E-state index in [0.717, 1.165) is 5.56 Å². The largest absolute Gasteiger partial charge is 0.322 e. The number of rotatable bonds is 5. The number of benzene rings is 1. The monoisotopic (exact) mass is 297 g/mol. The standard InChI is InChI=1S/C17H19N3O2/c1-3-20(12-14-8-10-18-11-9-14)17(22)19-16-6-4-15(5-7-16)13(2)21/h4-11H,3,12H2,1-2H3,(H,19,22). The van der Waals surface area contributed by atoms with Crippen LogP contribution in [-0.4, -0.2) is 28.2 Å². The highest BCUT2D eigenvalue weighted by atomic mass is 16.2. The van der Waals surface area contributed by atoms with Gasteiger partial charge in [0.2, 0.25) is 0 Å². The van der Waals surface area contributed by atoms with Crippen molar-refractivity contribution in [2.45, 2.75) is 20.4 Å². The number of aromatic nitrogens is 1. The highest BCUT2D eigenvalue weighted by molar-refractivity contribution is 5.95. The van der Waals surface area contributed by atoms with E-state index in [1.165, 1.54) is 6.92 Å². The van der Waals surface area contributed by atoms with Crippen molar-refractivity contribution in [3.63, 3.8) is 0 Å². The summed E-state index contributed by atoms with van der Waals surface area (Å²) in [5, 5.41) is 2.84. The molecule has 2 rings (SSSR count). The van der Waals surface area contributed by atoms with Gasteiger partial charge in [-0.1, -0.05) is 0 Å². The van der Waals surface area contributed by atoms with Crippen molar-refractivity contribution in [1.82, 2.24) is 9.88 Å². The highest BCUT2D eigenvalue weighted by Gasteiger charge is 2.12. The molecule has 114 valence electrons. The molecule has 2 amide bonds. The van der Waals surface area contributed by atoms with Gasteiger partial charge in [-0.15, -0.1) is 0 Å². The fraction of sp³-hybridized carbons (Fsp3) is 0.235. The Morgan fingerprint density at radius 1 is 1.09 bits per heavy atom. The number of nitrogens with one attached hydrogen (secondary N) is 1. The van der Waals surface area contributed by atoms with Crippen LogP contribution in [-0.2, 0) is 6.54 Å². The maximum Gasteiger partial charge on any atom is 0.322 e. The van der Waals surface area contributed by atoms with Crippen LogP contribution in [0.4, 0.5) is 10.5 Å². The summed E-state index contributed by atoms with van der Waals surface area (Å²) in [5.74, 6) is 0.00532. The molecule has 1 heterocycles. The first-order valence-corrected chi connectivity index (χ1v) is 7.16. The minimum Gasteiger partial charge on any atom is -0.320 e. The van der Waals surface area contributed by atoms with Gasteiger partial charge in [-0.25, -0.2) is 4.79 Å². The second-order valence-electron chi connectivity index (χ2n) is 4.93. The van der Waals surface area contributed by atoms with Crippen LogP contribution in [0.5, 0.6) is 0 Å². The molecule has 0 radical (unpaired) electrons. The number of anilines is 1. The summed E-state index contributed by atoms with van der Waals surface area (Å²) >= 11 is 0. The van der Waals surface area contributed by atoms with Crippen molar-refractivity contribution in [3.8, 4) is 0 Å². The Balaban J connectivity index is 2.01. The third-order valence-corrected chi connectivity index (χ3v) is 3.33. The Bertz CT molecular complexity index is 639. The summed E-state index contributed by atoms with van der Waals surface area (Å²) in [6.07, 6.45) is 3.42. The normalized spacial score (nSPS) is 10.1. The first kappa shape index (κ1) is 15.7. The lowest BCUT2D eigenvalue weighted by atomic mass is 10.1. The number of pyridine rings is 1. The van der Waals surface area contributed by atoms with E-state index in [4.69, 9.17) is 0 Å². The zero-order chi connectivity index (χ0) is 15.9. The fourth-order valence-corrected chi connectivity index (χ4v) is 2.03. The molecule has 22 heavy (non-hydrogen) atoms. The third-order valence-electron chi connectivity index (χ3n) is 3.33. The van der Waals surface area contributed by atoms with Gasteiger partial charge in [0.25, 0.3) is 0 Å². The van der Waals surface area contributed by atoms with Gasteiger partial charge >= 0.3 is 6.03 Å². The van der Waals surface area contributed by atoms with Crippen LogP contribution in [0.3, 0.4) is 0 Å². The summed E-state index contributed by atoms with van der Waals surface area (Å²) in [4.78, 5) is 29.2. The molecule has 0 saturated carbocycles. The minimum atomic E-state index is -0.171. The molecule has 5 heteroatoms. The van der Waals surface area contributed by atoms with E-state index in [1.807, 2.05) is 19.1 Å². The van der Waals surface area contributed by atoms with Crippen molar-refractivity contribution in [1.29, 1.82) is 0 Å². The number of carbonyl (C=O) groups excluding carboxylic acids is 2. The van der Waals surface area contributed by atoms with Gasteiger partial charge in [0, 0.05) is 36.7 Å². The first-order valence-electron chi connectivity index (χ1n) is 7.16. The number of carbonyl (C=O) groups is 2. The Morgan fingerprint density at radius 2 is 1.73 bits per heavy atom. The SMILES string of the molecule is CCN(Cc1ccncc1)C(=O)Nc1ccc(C(C)=O)cc1. The van der Waals surface area contributed by atoms with Crippen LogP contribution >= 0.6 is 0 Å². The number of nitrogens with zero attached hydrogens (tertiary/aromatic N) is 2. The Labute approximate surface area is 130 Å². The lowest BCUT2D eigenvalue weighted by molar-refractivity contribution is 0.101. The van der Waals surface area contributed by atoms with Crippen LogP contribution < -0.4 is 5.32 Å². The van der Waals surface area contributed by atoms with Crippen molar-refractivity contribution in [3.05, 3.63) is 59.9 Å². The van der Waals surface area contributed by atoms with E-state index in [-0.39, 0.29) is 11.8 Å². The quantitative estimate of drug-likeness (QED) is 0.861. The summed E-state index contributed by atoms with van der Waals surface area (Å²) < 4.78 is 0. The molecule has 0 aliphatic heterocycles. The maximum atomic E-state index is 12.3. The zero-order valence-corrected chi connectivity index (χ0v) is 12.7. The number of amides is 2. The van der Waals surface area contributed by atoms with Gasteiger partial charge < -0.3 is 10.2 Å². The summed E-state index contributed by atoms with van der Waals surface area (Å²) in [7, 11) is 0. The molecule has 0 aliphatic carbocycles. The predicted octanol–water partition coefficient (Wildman–Crippen LogP) is 3.34. The summed E-state index contributed by atoms with van der Waals surface area (Å²) in [6.45, 7) is 4.57. The average Bonchev–Trinajstić information content (AvgIpc) is 2.54. The van der Waals surface area contributed by atoms with E-state index < -0.39 is 0 Å². The topological polar surface area (TPSA) is 62.3 Å². The van der Waals surface area contributed by atoms with Crippen LogP contribution in [0.1, 0.15) is 29.8 Å². The smallest absolute Gasteiger partial charge is 0.320 e. The van der Waals surface area contributed by atoms with Gasteiger partial charge in [0.1, 0.15) is 0 Å². The fourth-order valence-electron chi connectivity index (χ4n) is 2.03. The molecule has 2 aromatic rings. The third kappa shape index (κ3) is 4.15. The van der Waals surface area contributed by atoms with Crippen molar-refractivity contribution >= 4 is 17.5 Å². The number of Topliss-reactive ketones (excluding diaryl/α,β-unsaturated/α-hetero) is 1. The van der Waals surface area contributed by atoms with E-state index in [9.17, 15) is 9.59 Å². The summed E-state index contributed by atoms with van der Waals surface area (Å²) in [5.41, 5.74) is 2.32. The molecule has 0 unspecified atom stereocenters. The van der Waals surface area contributed by atoms with Crippen molar-refractivity contribution in [2.75, 3.05) is 11.9 Å². The average molecular weight is 297 g/mol. The Hall–Kier alpha value is -2.69. The molecule has 5 nitrogen and oxygen atoms in total. The van der Waals surface area contributed by atoms with E-state index in [0.29, 0.717) is 24.3 Å². The lowest BCUT2D eigenvalue weighted by Crippen LogP contribution is -2.34.